The lowest BCUT2D eigenvalue weighted by Gasteiger charge is -2.26. The van der Waals surface area contributed by atoms with Crippen molar-refractivity contribution in [1.29, 1.82) is 0 Å². The van der Waals surface area contributed by atoms with Gasteiger partial charge in [-0.25, -0.2) is 0 Å². The Hall–Kier alpha value is -2.01. The molecular formula is C13H14N2O3. The third-order valence-electron chi connectivity index (χ3n) is 3.51. The number of aliphatic carboxylic acids is 1. The first-order chi connectivity index (χ1) is 8.56. The van der Waals surface area contributed by atoms with Gasteiger partial charge >= 0.3 is 5.97 Å². The van der Waals surface area contributed by atoms with E-state index in [4.69, 9.17) is 5.11 Å². The Bertz CT molecular complexity index is 632. The minimum Gasteiger partial charge on any atom is -0.508 e. The number of carboxylic acid groups (broad SMARTS) is 1. The van der Waals surface area contributed by atoms with Gasteiger partial charge in [0.25, 0.3) is 0 Å². The Labute approximate surface area is 103 Å². The maximum absolute atomic E-state index is 11.1. The lowest BCUT2D eigenvalue weighted by molar-refractivity contribution is -0.139. The van der Waals surface area contributed by atoms with Gasteiger partial charge in [0.05, 0.1) is 0 Å². The van der Waals surface area contributed by atoms with Crippen LogP contribution in [-0.4, -0.2) is 27.2 Å². The number of phenols is 1. The summed E-state index contributed by atoms with van der Waals surface area (Å²) in [4.78, 5) is 14.4. The number of nitrogens with one attached hydrogen (secondary N) is 2. The first kappa shape index (κ1) is 11.1. The van der Waals surface area contributed by atoms with E-state index in [1.54, 1.807) is 12.1 Å². The number of benzene rings is 1. The van der Waals surface area contributed by atoms with E-state index in [-0.39, 0.29) is 11.8 Å². The van der Waals surface area contributed by atoms with E-state index in [9.17, 15) is 9.90 Å². The molecule has 1 aliphatic rings. The van der Waals surface area contributed by atoms with Crippen molar-refractivity contribution in [3.05, 3.63) is 29.5 Å². The quantitative estimate of drug-likeness (QED) is 0.614. The highest BCUT2D eigenvalue weighted by Gasteiger charge is 2.30. The summed E-state index contributed by atoms with van der Waals surface area (Å²) in [5, 5.41) is 22.6. The van der Waals surface area contributed by atoms with Crippen LogP contribution in [0.5, 0.6) is 5.75 Å². The Morgan fingerprint density at radius 1 is 1.44 bits per heavy atom. The van der Waals surface area contributed by atoms with Crippen LogP contribution in [0.2, 0.25) is 0 Å². The molecule has 0 aliphatic carbocycles. The average Bonchev–Trinajstić information content (AvgIpc) is 2.68. The van der Waals surface area contributed by atoms with E-state index in [2.05, 4.69) is 10.3 Å². The number of aromatic amines is 1. The summed E-state index contributed by atoms with van der Waals surface area (Å²) in [5.41, 5.74) is 2.92. The van der Waals surface area contributed by atoms with Crippen LogP contribution in [0.4, 0.5) is 0 Å². The van der Waals surface area contributed by atoms with E-state index in [1.165, 1.54) is 0 Å². The van der Waals surface area contributed by atoms with Crippen molar-refractivity contribution in [3.8, 4) is 5.75 Å². The van der Waals surface area contributed by atoms with Crippen LogP contribution >= 0.6 is 0 Å². The predicted octanol–water partition coefficient (Wildman–Crippen LogP) is 1.53. The zero-order chi connectivity index (χ0) is 12.9. The SMILES string of the molecule is C[C@H]1N[C@H](C(=O)O)Cc2c1[nH]c1ccc(O)cc21. The van der Waals surface area contributed by atoms with Crippen LogP contribution in [-0.2, 0) is 11.2 Å². The molecule has 0 amide bonds. The van der Waals surface area contributed by atoms with Crippen LogP contribution in [0, 0.1) is 0 Å². The number of hydrogen-bond donors (Lipinski definition) is 4. The molecule has 4 N–H and O–H groups in total. The van der Waals surface area contributed by atoms with Crippen LogP contribution in [0.25, 0.3) is 10.9 Å². The lowest BCUT2D eigenvalue weighted by Crippen LogP contribution is -2.43. The molecule has 3 rings (SSSR count). The third-order valence-corrected chi connectivity index (χ3v) is 3.51. The van der Waals surface area contributed by atoms with Crippen molar-refractivity contribution in [2.45, 2.75) is 25.4 Å². The second kappa shape index (κ2) is 3.74. The maximum Gasteiger partial charge on any atom is 0.321 e. The monoisotopic (exact) mass is 246 g/mol. The molecule has 0 bridgehead atoms. The Balaban J connectivity index is 2.18. The third kappa shape index (κ3) is 1.55. The van der Waals surface area contributed by atoms with Gasteiger partial charge in [-0.05, 0) is 30.7 Å². The van der Waals surface area contributed by atoms with E-state index < -0.39 is 12.0 Å². The molecule has 2 atom stereocenters. The first-order valence-electron chi connectivity index (χ1n) is 5.88. The van der Waals surface area contributed by atoms with Crippen molar-refractivity contribution >= 4 is 16.9 Å². The number of carboxylic acids is 1. The molecule has 1 aromatic heterocycles. The molecule has 1 aliphatic heterocycles. The summed E-state index contributed by atoms with van der Waals surface area (Å²) in [7, 11) is 0. The summed E-state index contributed by atoms with van der Waals surface area (Å²) in [6.07, 6.45) is 0.429. The molecule has 0 radical (unpaired) electrons. The van der Waals surface area contributed by atoms with Gasteiger partial charge in [-0.15, -0.1) is 0 Å². The number of H-pyrrole nitrogens is 1. The van der Waals surface area contributed by atoms with Crippen LogP contribution in [0.1, 0.15) is 24.2 Å². The van der Waals surface area contributed by atoms with Crippen molar-refractivity contribution < 1.29 is 15.0 Å². The Kier molecular flexibility index (Phi) is 2.31. The van der Waals surface area contributed by atoms with E-state index >= 15 is 0 Å². The Morgan fingerprint density at radius 2 is 2.22 bits per heavy atom. The second-order valence-corrected chi connectivity index (χ2v) is 4.73. The molecule has 5 heteroatoms. The zero-order valence-corrected chi connectivity index (χ0v) is 9.90. The largest absolute Gasteiger partial charge is 0.508 e. The van der Waals surface area contributed by atoms with Crippen LogP contribution in [0.3, 0.4) is 0 Å². The number of rotatable bonds is 1. The van der Waals surface area contributed by atoms with Crippen LogP contribution in [0.15, 0.2) is 18.2 Å². The fraction of sp³-hybridized carbons (Fsp3) is 0.308. The van der Waals surface area contributed by atoms with Gasteiger partial charge in [0.15, 0.2) is 0 Å². The average molecular weight is 246 g/mol. The molecule has 0 spiro atoms. The highest BCUT2D eigenvalue weighted by atomic mass is 16.4. The zero-order valence-electron chi connectivity index (χ0n) is 9.90. The molecule has 0 saturated heterocycles. The number of aromatic nitrogens is 1. The summed E-state index contributed by atoms with van der Waals surface area (Å²) in [6, 6.07) is 4.50. The standard InChI is InChI=1S/C13H14N2O3/c1-6-12-9(5-11(14-6)13(17)18)8-4-7(16)2-3-10(8)15-12/h2-4,6,11,14-16H,5H2,1H3,(H,17,18)/t6-,11+/m1/s1. The number of carbonyl (C=O) groups is 1. The fourth-order valence-corrected chi connectivity index (χ4v) is 2.65. The highest BCUT2D eigenvalue weighted by Crippen LogP contribution is 2.33. The number of hydrogen-bond acceptors (Lipinski definition) is 3. The van der Waals surface area contributed by atoms with E-state index in [1.807, 2.05) is 13.0 Å². The predicted molar refractivity (Wildman–Crippen MR) is 66.6 cm³/mol. The van der Waals surface area contributed by atoms with Gasteiger partial charge in [-0.2, -0.15) is 0 Å². The normalized spacial score (nSPS) is 22.9. The molecule has 0 fully saturated rings. The molecule has 5 nitrogen and oxygen atoms in total. The fourth-order valence-electron chi connectivity index (χ4n) is 2.65. The highest BCUT2D eigenvalue weighted by molar-refractivity contribution is 5.87. The summed E-state index contributed by atoms with van der Waals surface area (Å²) in [5.74, 6) is -0.649. The van der Waals surface area contributed by atoms with Crippen LogP contribution < -0.4 is 5.32 Å². The van der Waals surface area contributed by atoms with E-state index in [0.29, 0.717) is 6.42 Å². The number of fused-ring (bicyclic) bond motifs is 3. The van der Waals surface area contributed by atoms with Crippen molar-refractivity contribution in [2.24, 2.45) is 0 Å². The molecule has 94 valence electrons. The number of phenolic OH excluding ortho intramolecular Hbond substituents is 1. The topological polar surface area (TPSA) is 85.4 Å². The van der Waals surface area contributed by atoms with Crippen molar-refractivity contribution in [1.82, 2.24) is 10.3 Å². The molecule has 0 saturated carbocycles. The summed E-state index contributed by atoms with van der Waals surface area (Å²) in [6.45, 7) is 1.93. The summed E-state index contributed by atoms with van der Waals surface area (Å²) >= 11 is 0. The number of aromatic hydroxyl groups is 1. The minimum atomic E-state index is -0.845. The molecule has 2 aromatic rings. The molecule has 18 heavy (non-hydrogen) atoms. The van der Waals surface area contributed by atoms with Gasteiger partial charge in [0.1, 0.15) is 11.8 Å². The Morgan fingerprint density at radius 3 is 2.94 bits per heavy atom. The lowest BCUT2D eigenvalue weighted by atomic mass is 9.94. The van der Waals surface area contributed by atoms with Gasteiger partial charge in [-0.1, -0.05) is 0 Å². The minimum absolute atomic E-state index is 0.0376. The van der Waals surface area contributed by atoms with Gasteiger partial charge in [0.2, 0.25) is 0 Å². The van der Waals surface area contributed by atoms with Gasteiger partial charge in [-0.3, -0.25) is 10.1 Å². The first-order valence-corrected chi connectivity index (χ1v) is 5.88. The van der Waals surface area contributed by atoms with Gasteiger partial charge in [0, 0.05) is 29.1 Å². The van der Waals surface area contributed by atoms with Crippen molar-refractivity contribution in [2.75, 3.05) is 0 Å². The second-order valence-electron chi connectivity index (χ2n) is 4.73. The molecule has 1 aromatic carbocycles. The van der Waals surface area contributed by atoms with Crippen molar-refractivity contribution in [3.63, 3.8) is 0 Å². The maximum atomic E-state index is 11.1. The smallest absolute Gasteiger partial charge is 0.321 e. The molecule has 2 heterocycles. The van der Waals surface area contributed by atoms with E-state index in [0.717, 1.165) is 22.2 Å². The van der Waals surface area contributed by atoms with Gasteiger partial charge < -0.3 is 15.2 Å². The summed E-state index contributed by atoms with van der Waals surface area (Å²) < 4.78 is 0. The molecular weight excluding hydrogens is 232 g/mol. The molecule has 0 unspecified atom stereocenters.